The number of likely N-dealkylation sites (tertiary alicyclic amines) is 1. The van der Waals surface area contributed by atoms with Crippen molar-refractivity contribution in [1.29, 1.82) is 0 Å². The number of benzene rings is 1. The van der Waals surface area contributed by atoms with E-state index in [4.69, 9.17) is 11.6 Å². The van der Waals surface area contributed by atoms with Crippen LogP contribution in [-0.4, -0.2) is 31.6 Å². The predicted octanol–water partition coefficient (Wildman–Crippen LogP) is 2.80. The highest BCUT2D eigenvalue weighted by molar-refractivity contribution is 6.30. The van der Waals surface area contributed by atoms with Crippen LogP contribution in [0.25, 0.3) is 0 Å². The van der Waals surface area contributed by atoms with Crippen LogP contribution >= 0.6 is 24.0 Å². The van der Waals surface area contributed by atoms with Gasteiger partial charge in [-0.25, -0.2) is 0 Å². The lowest BCUT2D eigenvalue weighted by atomic mass is 10.1. The first-order chi connectivity index (χ1) is 7.78. The summed E-state index contributed by atoms with van der Waals surface area (Å²) in [5, 5.41) is 4.09. The Morgan fingerprint density at radius 1 is 1.47 bits per heavy atom. The maximum absolute atomic E-state index is 5.98. The normalized spacial score (nSPS) is 20.2. The van der Waals surface area contributed by atoms with Gasteiger partial charge in [0.15, 0.2) is 0 Å². The van der Waals surface area contributed by atoms with E-state index in [9.17, 15) is 0 Å². The van der Waals surface area contributed by atoms with Gasteiger partial charge in [-0.2, -0.15) is 0 Å². The van der Waals surface area contributed by atoms with E-state index in [0.717, 1.165) is 24.0 Å². The van der Waals surface area contributed by atoms with Gasteiger partial charge in [-0.15, -0.1) is 12.4 Å². The molecule has 1 heterocycles. The first-order valence-corrected chi connectivity index (χ1v) is 6.27. The Balaban J connectivity index is 0.00000144. The third-order valence-corrected chi connectivity index (χ3v) is 3.39. The molecule has 0 bridgehead atoms. The Labute approximate surface area is 115 Å². The predicted molar refractivity (Wildman–Crippen MR) is 76.0 cm³/mol. The molecule has 0 aromatic heterocycles. The minimum Gasteiger partial charge on any atom is -0.319 e. The van der Waals surface area contributed by atoms with Gasteiger partial charge in [0.1, 0.15) is 0 Å². The number of nitrogens with zero attached hydrogens (tertiary/aromatic N) is 1. The molecule has 1 unspecified atom stereocenters. The molecule has 1 aromatic carbocycles. The van der Waals surface area contributed by atoms with Gasteiger partial charge >= 0.3 is 0 Å². The summed E-state index contributed by atoms with van der Waals surface area (Å²) in [5.74, 6) is 0.809. The van der Waals surface area contributed by atoms with E-state index < -0.39 is 0 Å². The van der Waals surface area contributed by atoms with Gasteiger partial charge in [0, 0.05) is 18.1 Å². The van der Waals surface area contributed by atoms with Crippen molar-refractivity contribution in [3.05, 3.63) is 34.9 Å². The topological polar surface area (TPSA) is 15.3 Å². The minimum absolute atomic E-state index is 0. The molecule has 4 heteroatoms. The molecule has 0 amide bonds. The Kier molecular flexibility index (Phi) is 6.28. The maximum atomic E-state index is 5.98. The number of hydrogen-bond acceptors (Lipinski definition) is 2. The van der Waals surface area contributed by atoms with Crippen molar-refractivity contribution < 1.29 is 0 Å². The van der Waals surface area contributed by atoms with Crippen LogP contribution in [0.1, 0.15) is 12.0 Å². The molecule has 96 valence electrons. The van der Waals surface area contributed by atoms with Crippen molar-refractivity contribution in [2.45, 2.75) is 13.0 Å². The SMILES string of the molecule is CNCC1CCN(Cc2cccc(Cl)c2)C1.Cl. The number of rotatable bonds is 4. The van der Waals surface area contributed by atoms with Gasteiger partial charge in [0.05, 0.1) is 0 Å². The molecule has 0 spiro atoms. The van der Waals surface area contributed by atoms with Crippen LogP contribution in [-0.2, 0) is 6.54 Å². The molecular weight excluding hydrogens is 255 g/mol. The van der Waals surface area contributed by atoms with Gasteiger partial charge in [0.25, 0.3) is 0 Å². The largest absolute Gasteiger partial charge is 0.319 e. The third-order valence-electron chi connectivity index (χ3n) is 3.16. The van der Waals surface area contributed by atoms with Crippen LogP contribution in [0.4, 0.5) is 0 Å². The van der Waals surface area contributed by atoms with E-state index in [-0.39, 0.29) is 12.4 Å². The fourth-order valence-electron chi connectivity index (χ4n) is 2.41. The Hall–Kier alpha value is -0.280. The third kappa shape index (κ3) is 4.47. The summed E-state index contributed by atoms with van der Waals surface area (Å²) in [4.78, 5) is 2.51. The van der Waals surface area contributed by atoms with Crippen molar-refractivity contribution in [2.75, 3.05) is 26.7 Å². The van der Waals surface area contributed by atoms with E-state index >= 15 is 0 Å². The quantitative estimate of drug-likeness (QED) is 0.909. The second-order valence-electron chi connectivity index (χ2n) is 4.58. The molecule has 1 aliphatic heterocycles. The molecular formula is C13H20Cl2N2. The van der Waals surface area contributed by atoms with Crippen LogP contribution in [0, 0.1) is 5.92 Å². The van der Waals surface area contributed by atoms with Crippen LogP contribution in [0.3, 0.4) is 0 Å². The van der Waals surface area contributed by atoms with Crippen molar-refractivity contribution >= 4 is 24.0 Å². The molecule has 0 saturated carbocycles. The van der Waals surface area contributed by atoms with Crippen LogP contribution in [0.15, 0.2) is 24.3 Å². The number of nitrogens with one attached hydrogen (secondary N) is 1. The zero-order chi connectivity index (χ0) is 11.4. The van der Waals surface area contributed by atoms with Crippen LogP contribution in [0.2, 0.25) is 5.02 Å². The summed E-state index contributed by atoms with van der Waals surface area (Å²) in [7, 11) is 2.03. The van der Waals surface area contributed by atoms with Crippen LogP contribution in [0.5, 0.6) is 0 Å². The molecule has 1 atom stereocenters. The molecule has 0 radical (unpaired) electrons. The minimum atomic E-state index is 0. The van der Waals surface area contributed by atoms with Crippen LogP contribution < -0.4 is 5.32 Å². The Morgan fingerprint density at radius 2 is 2.29 bits per heavy atom. The van der Waals surface area contributed by atoms with Gasteiger partial charge in [0.2, 0.25) is 0 Å². The van der Waals surface area contributed by atoms with Crippen molar-refractivity contribution in [2.24, 2.45) is 5.92 Å². The van der Waals surface area contributed by atoms with Crippen molar-refractivity contribution in [3.63, 3.8) is 0 Å². The zero-order valence-electron chi connectivity index (χ0n) is 10.2. The first kappa shape index (κ1) is 14.8. The average molecular weight is 275 g/mol. The standard InChI is InChI=1S/C13H19ClN2.ClH/c1-15-8-12-5-6-16(10-12)9-11-3-2-4-13(14)7-11;/h2-4,7,12,15H,5-6,8-10H2,1H3;1H. The Bertz CT molecular complexity index is 344. The van der Waals surface area contributed by atoms with Crippen molar-refractivity contribution in [1.82, 2.24) is 10.2 Å². The maximum Gasteiger partial charge on any atom is 0.0409 e. The summed E-state index contributed by atoms with van der Waals surface area (Å²) >= 11 is 5.98. The van der Waals surface area contributed by atoms with Gasteiger partial charge < -0.3 is 5.32 Å². The summed E-state index contributed by atoms with van der Waals surface area (Å²) in [6, 6.07) is 8.17. The first-order valence-electron chi connectivity index (χ1n) is 5.89. The highest BCUT2D eigenvalue weighted by Crippen LogP contribution is 2.19. The lowest BCUT2D eigenvalue weighted by Crippen LogP contribution is -2.24. The molecule has 1 N–H and O–H groups in total. The van der Waals surface area contributed by atoms with E-state index in [1.807, 2.05) is 19.2 Å². The fraction of sp³-hybridized carbons (Fsp3) is 0.538. The molecule has 1 saturated heterocycles. The summed E-state index contributed by atoms with van der Waals surface area (Å²) in [5.41, 5.74) is 1.32. The fourth-order valence-corrected chi connectivity index (χ4v) is 2.62. The molecule has 0 aliphatic carbocycles. The highest BCUT2D eigenvalue weighted by atomic mass is 35.5. The number of hydrogen-bond donors (Lipinski definition) is 1. The molecule has 1 aliphatic rings. The molecule has 17 heavy (non-hydrogen) atoms. The summed E-state index contributed by atoms with van der Waals surface area (Å²) < 4.78 is 0. The summed E-state index contributed by atoms with van der Waals surface area (Å²) in [6.45, 7) is 4.57. The van der Waals surface area contributed by atoms with Gasteiger partial charge in [-0.1, -0.05) is 23.7 Å². The highest BCUT2D eigenvalue weighted by Gasteiger charge is 2.21. The molecule has 1 fully saturated rings. The monoisotopic (exact) mass is 274 g/mol. The average Bonchev–Trinajstić information content (AvgIpc) is 2.66. The summed E-state index contributed by atoms with van der Waals surface area (Å²) in [6.07, 6.45) is 1.31. The molecule has 2 rings (SSSR count). The van der Waals surface area contributed by atoms with Crippen molar-refractivity contribution in [3.8, 4) is 0 Å². The van der Waals surface area contributed by atoms with E-state index in [0.29, 0.717) is 0 Å². The second-order valence-corrected chi connectivity index (χ2v) is 5.01. The number of halogens is 2. The Morgan fingerprint density at radius 3 is 3.00 bits per heavy atom. The molecule has 1 aromatic rings. The molecule has 2 nitrogen and oxygen atoms in total. The van der Waals surface area contributed by atoms with E-state index in [1.165, 1.54) is 25.1 Å². The van der Waals surface area contributed by atoms with Gasteiger partial charge in [-0.3, -0.25) is 4.90 Å². The lowest BCUT2D eigenvalue weighted by molar-refractivity contribution is 0.315. The van der Waals surface area contributed by atoms with E-state index in [2.05, 4.69) is 22.3 Å². The smallest absolute Gasteiger partial charge is 0.0409 e. The zero-order valence-corrected chi connectivity index (χ0v) is 11.7. The van der Waals surface area contributed by atoms with Gasteiger partial charge in [-0.05, 0) is 50.2 Å². The lowest BCUT2D eigenvalue weighted by Gasteiger charge is -2.16. The second kappa shape index (κ2) is 7.22. The van der Waals surface area contributed by atoms with E-state index in [1.54, 1.807) is 0 Å².